The largest absolute Gasteiger partial charge is 0.481 e. The first-order valence-corrected chi connectivity index (χ1v) is 6.55. The van der Waals surface area contributed by atoms with Gasteiger partial charge in [0.05, 0.1) is 5.41 Å². The Hall–Kier alpha value is -1.85. The van der Waals surface area contributed by atoms with Gasteiger partial charge < -0.3 is 10.4 Å². The summed E-state index contributed by atoms with van der Waals surface area (Å²) in [5.41, 5.74) is -0.0701. The molecule has 6 heteroatoms. The van der Waals surface area contributed by atoms with Gasteiger partial charge in [-0.1, -0.05) is 20.8 Å². The number of anilines is 1. The molecule has 0 spiro atoms. The van der Waals surface area contributed by atoms with Crippen molar-refractivity contribution in [3.63, 3.8) is 0 Å². The second-order valence-corrected chi connectivity index (χ2v) is 4.65. The van der Waals surface area contributed by atoms with Crippen molar-refractivity contribution in [2.45, 2.75) is 46.5 Å². The van der Waals surface area contributed by atoms with Gasteiger partial charge in [-0.15, -0.1) is 0 Å². The summed E-state index contributed by atoms with van der Waals surface area (Å²) in [4.78, 5) is 23.2. The van der Waals surface area contributed by atoms with Gasteiger partial charge in [0.2, 0.25) is 5.91 Å². The topological polar surface area (TPSA) is 95.1 Å². The Balaban J connectivity index is 2.70. The van der Waals surface area contributed by atoms with Gasteiger partial charge >= 0.3 is 5.97 Å². The highest BCUT2D eigenvalue weighted by atomic mass is 16.4. The Labute approximate surface area is 112 Å². The molecule has 1 amide bonds. The van der Waals surface area contributed by atoms with Crippen molar-refractivity contribution in [3.8, 4) is 0 Å². The number of rotatable bonds is 7. The average molecular weight is 267 g/mol. The molecule has 0 aromatic carbocycles. The first-order valence-electron chi connectivity index (χ1n) is 6.55. The Kier molecular flexibility index (Phi) is 5.09. The highest BCUT2D eigenvalue weighted by Gasteiger charge is 2.37. The standard InChI is InChI=1S/C13H21N3O3/c1-4-9-7-10(16-15-9)14-11(17)8-13(5-2,6-3)12(18)19/h7H,4-6,8H2,1-3H3,(H,18,19)(H2,14,15,16,17). The summed E-state index contributed by atoms with van der Waals surface area (Å²) in [6.07, 6.45) is 1.61. The summed E-state index contributed by atoms with van der Waals surface area (Å²) < 4.78 is 0. The van der Waals surface area contributed by atoms with Gasteiger partial charge in [0.15, 0.2) is 5.82 Å². The third kappa shape index (κ3) is 3.56. The maximum Gasteiger partial charge on any atom is 0.310 e. The number of aromatic amines is 1. The third-order valence-corrected chi connectivity index (χ3v) is 3.59. The molecular formula is C13H21N3O3. The zero-order valence-electron chi connectivity index (χ0n) is 11.6. The van der Waals surface area contributed by atoms with E-state index in [0.717, 1.165) is 12.1 Å². The smallest absolute Gasteiger partial charge is 0.310 e. The predicted molar refractivity (Wildman–Crippen MR) is 71.9 cm³/mol. The number of carboxylic acid groups (broad SMARTS) is 1. The first kappa shape index (κ1) is 15.2. The zero-order chi connectivity index (χ0) is 14.5. The first-order chi connectivity index (χ1) is 8.97. The van der Waals surface area contributed by atoms with Crippen molar-refractivity contribution in [2.24, 2.45) is 5.41 Å². The Morgan fingerprint density at radius 3 is 2.42 bits per heavy atom. The van der Waals surface area contributed by atoms with Crippen LogP contribution in [-0.2, 0) is 16.0 Å². The zero-order valence-corrected chi connectivity index (χ0v) is 11.6. The number of amides is 1. The number of carbonyl (C=O) groups is 2. The molecule has 6 nitrogen and oxygen atoms in total. The van der Waals surface area contributed by atoms with E-state index in [9.17, 15) is 14.7 Å². The van der Waals surface area contributed by atoms with Crippen LogP contribution in [0.4, 0.5) is 5.82 Å². The number of carbonyl (C=O) groups excluding carboxylic acids is 1. The number of H-pyrrole nitrogens is 1. The van der Waals surface area contributed by atoms with Gasteiger partial charge in [0, 0.05) is 18.2 Å². The average Bonchev–Trinajstić information content (AvgIpc) is 2.83. The van der Waals surface area contributed by atoms with Crippen LogP contribution < -0.4 is 5.32 Å². The van der Waals surface area contributed by atoms with Gasteiger partial charge in [-0.3, -0.25) is 14.7 Å². The van der Waals surface area contributed by atoms with Gasteiger partial charge in [0.1, 0.15) is 0 Å². The summed E-state index contributed by atoms with van der Waals surface area (Å²) in [7, 11) is 0. The number of hydrogen-bond acceptors (Lipinski definition) is 3. The van der Waals surface area contributed by atoms with Crippen molar-refractivity contribution in [3.05, 3.63) is 11.8 Å². The van der Waals surface area contributed by atoms with Crippen LogP contribution in [0.3, 0.4) is 0 Å². The maximum atomic E-state index is 11.9. The lowest BCUT2D eigenvalue weighted by atomic mass is 9.79. The quantitative estimate of drug-likeness (QED) is 0.705. The van der Waals surface area contributed by atoms with Crippen LogP contribution in [0.2, 0.25) is 0 Å². The second kappa shape index (κ2) is 6.36. The molecule has 0 radical (unpaired) electrons. The van der Waals surface area contributed by atoms with E-state index in [1.54, 1.807) is 19.9 Å². The molecule has 1 rings (SSSR count). The van der Waals surface area contributed by atoms with Crippen LogP contribution >= 0.6 is 0 Å². The van der Waals surface area contributed by atoms with E-state index in [0.29, 0.717) is 18.7 Å². The van der Waals surface area contributed by atoms with Crippen LogP contribution in [-0.4, -0.2) is 27.2 Å². The molecule has 0 saturated carbocycles. The van der Waals surface area contributed by atoms with Crippen LogP contribution in [0.15, 0.2) is 6.07 Å². The lowest BCUT2D eigenvalue weighted by Crippen LogP contribution is -2.34. The number of aryl methyl sites for hydroxylation is 1. The van der Waals surface area contributed by atoms with Gasteiger partial charge in [-0.25, -0.2) is 0 Å². The fourth-order valence-corrected chi connectivity index (χ4v) is 1.98. The number of aliphatic carboxylic acids is 1. The highest BCUT2D eigenvalue weighted by Crippen LogP contribution is 2.31. The van der Waals surface area contributed by atoms with E-state index in [1.165, 1.54) is 0 Å². The lowest BCUT2D eigenvalue weighted by molar-refractivity contribution is -0.151. The van der Waals surface area contributed by atoms with E-state index < -0.39 is 11.4 Å². The van der Waals surface area contributed by atoms with E-state index in [-0.39, 0.29) is 12.3 Å². The molecule has 0 aliphatic heterocycles. The normalized spacial score (nSPS) is 11.3. The number of nitrogens with one attached hydrogen (secondary N) is 2. The summed E-state index contributed by atoms with van der Waals surface area (Å²) in [6, 6.07) is 1.75. The molecule has 1 aromatic heterocycles. The van der Waals surface area contributed by atoms with Crippen molar-refractivity contribution >= 4 is 17.7 Å². The molecule has 0 unspecified atom stereocenters. The van der Waals surface area contributed by atoms with E-state index in [4.69, 9.17) is 0 Å². The van der Waals surface area contributed by atoms with Crippen LogP contribution in [0.1, 0.15) is 45.7 Å². The fourth-order valence-electron chi connectivity index (χ4n) is 1.98. The molecule has 19 heavy (non-hydrogen) atoms. The minimum atomic E-state index is -0.992. The molecule has 0 atom stereocenters. The van der Waals surface area contributed by atoms with Gasteiger partial charge in [-0.05, 0) is 19.3 Å². The van der Waals surface area contributed by atoms with Crippen molar-refractivity contribution in [1.29, 1.82) is 0 Å². The number of carboxylic acids is 1. The summed E-state index contributed by atoms with van der Waals surface area (Å²) >= 11 is 0. The number of nitrogens with zero attached hydrogens (tertiary/aromatic N) is 1. The molecule has 106 valence electrons. The molecule has 0 bridgehead atoms. The lowest BCUT2D eigenvalue weighted by Gasteiger charge is -2.25. The predicted octanol–water partition coefficient (Wildman–Crippen LogP) is 2.19. The minimum absolute atomic E-state index is 0.0380. The molecule has 1 aromatic rings. The van der Waals surface area contributed by atoms with E-state index >= 15 is 0 Å². The molecular weight excluding hydrogens is 246 g/mol. The van der Waals surface area contributed by atoms with E-state index in [2.05, 4.69) is 15.5 Å². The van der Waals surface area contributed by atoms with E-state index in [1.807, 2.05) is 6.92 Å². The SMILES string of the molecule is CCc1cc(NC(=O)CC(CC)(CC)C(=O)O)n[nH]1. The number of hydrogen-bond donors (Lipinski definition) is 3. The molecule has 0 fully saturated rings. The monoisotopic (exact) mass is 267 g/mol. The van der Waals surface area contributed by atoms with Crippen LogP contribution in [0, 0.1) is 5.41 Å². The minimum Gasteiger partial charge on any atom is -0.481 e. The summed E-state index contributed by atoms with van der Waals surface area (Å²) in [6.45, 7) is 5.55. The maximum absolute atomic E-state index is 11.9. The Morgan fingerprint density at radius 2 is 2.00 bits per heavy atom. The van der Waals surface area contributed by atoms with Gasteiger partial charge in [-0.2, -0.15) is 5.10 Å². The van der Waals surface area contributed by atoms with Crippen molar-refractivity contribution < 1.29 is 14.7 Å². The van der Waals surface area contributed by atoms with Crippen LogP contribution in [0.5, 0.6) is 0 Å². The van der Waals surface area contributed by atoms with Crippen molar-refractivity contribution in [2.75, 3.05) is 5.32 Å². The Bertz CT molecular complexity index is 450. The molecule has 3 N–H and O–H groups in total. The summed E-state index contributed by atoms with van der Waals surface area (Å²) in [5, 5.41) is 18.7. The highest BCUT2D eigenvalue weighted by molar-refractivity contribution is 5.93. The van der Waals surface area contributed by atoms with Crippen molar-refractivity contribution in [1.82, 2.24) is 10.2 Å². The molecule has 1 heterocycles. The van der Waals surface area contributed by atoms with Crippen LogP contribution in [0.25, 0.3) is 0 Å². The summed E-state index contributed by atoms with van der Waals surface area (Å²) in [5.74, 6) is -0.808. The second-order valence-electron chi connectivity index (χ2n) is 4.65. The fraction of sp³-hybridized carbons (Fsp3) is 0.615. The Morgan fingerprint density at radius 1 is 1.37 bits per heavy atom. The third-order valence-electron chi connectivity index (χ3n) is 3.59. The number of aromatic nitrogens is 2. The molecule has 0 saturated heterocycles. The molecule has 0 aliphatic carbocycles. The molecule has 0 aliphatic rings. The van der Waals surface area contributed by atoms with Gasteiger partial charge in [0.25, 0.3) is 0 Å².